The van der Waals surface area contributed by atoms with E-state index in [4.69, 9.17) is 4.74 Å². The van der Waals surface area contributed by atoms with Crippen LogP contribution < -0.4 is 9.64 Å². The van der Waals surface area contributed by atoms with Crippen molar-refractivity contribution in [2.45, 2.75) is 32.0 Å². The molecule has 0 N–H and O–H groups in total. The number of carbonyl (C=O) groups excluding carboxylic acids is 1. The minimum Gasteiger partial charge on any atom is -0.494 e. The lowest BCUT2D eigenvalue weighted by Crippen LogP contribution is -2.38. The zero-order valence-corrected chi connectivity index (χ0v) is 17.2. The molecule has 0 bridgehead atoms. The van der Waals surface area contributed by atoms with Crippen LogP contribution in [-0.4, -0.2) is 45.0 Å². The first-order chi connectivity index (χ1) is 13.5. The summed E-state index contributed by atoms with van der Waals surface area (Å²) in [7, 11) is 1.61. The molecule has 0 aliphatic carbocycles. The van der Waals surface area contributed by atoms with Crippen molar-refractivity contribution in [2.24, 2.45) is 0 Å². The molecule has 8 heteroatoms. The van der Waals surface area contributed by atoms with E-state index in [0.29, 0.717) is 10.9 Å². The van der Waals surface area contributed by atoms with Crippen LogP contribution in [0.4, 0.5) is 5.69 Å². The highest BCUT2D eigenvalue weighted by Crippen LogP contribution is 2.27. The van der Waals surface area contributed by atoms with Crippen LogP contribution in [0.15, 0.2) is 53.7 Å². The van der Waals surface area contributed by atoms with Crippen molar-refractivity contribution >= 4 is 23.4 Å². The molecular formula is C20H23N5O2S. The predicted molar refractivity (Wildman–Crippen MR) is 110 cm³/mol. The molecule has 3 rings (SSSR count). The Kier molecular flexibility index (Phi) is 6.30. The summed E-state index contributed by atoms with van der Waals surface area (Å²) in [6.07, 6.45) is 0. The fraction of sp³-hybridized carbons (Fsp3) is 0.300. The van der Waals surface area contributed by atoms with Crippen molar-refractivity contribution in [1.29, 1.82) is 0 Å². The first-order valence-electron chi connectivity index (χ1n) is 8.94. The maximum absolute atomic E-state index is 12.9. The van der Waals surface area contributed by atoms with Crippen molar-refractivity contribution in [3.63, 3.8) is 0 Å². The Hall–Kier alpha value is -2.87. The maximum Gasteiger partial charge on any atom is 0.237 e. The van der Waals surface area contributed by atoms with Gasteiger partial charge in [-0.15, -0.1) is 5.10 Å². The summed E-state index contributed by atoms with van der Waals surface area (Å²) in [5.74, 6) is 0.887. The first-order valence-corrected chi connectivity index (χ1v) is 9.93. The number of para-hydroxylation sites is 1. The highest BCUT2D eigenvalue weighted by Gasteiger charge is 2.21. The molecule has 2 aromatic carbocycles. The van der Waals surface area contributed by atoms with E-state index in [-0.39, 0.29) is 17.7 Å². The molecule has 1 heterocycles. The number of amides is 1. The Labute approximate surface area is 168 Å². The van der Waals surface area contributed by atoms with Gasteiger partial charge in [0.2, 0.25) is 11.1 Å². The van der Waals surface area contributed by atoms with E-state index >= 15 is 0 Å². The molecular weight excluding hydrogens is 374 g/mol. The second kappa shape index (κ2) is 8.88. The van der Waals surface area contributed by atoms with Crippen molar-refractivity contribution in [3.8, 4) is 11.4 Å². The van der Waals surface area contributed by atoms with Crippen LogP contribution >= 0.6 is 11.8 Å². The number of rotatable bonds is 7. The van der Waals surface area contributed by atoms with Crippen molar-refractivity contribution < 1.29 is 9.53 Å². The topological polar surface area (TPSA) is 73.1 Å². The number of carbonyl (C=O) groups is 1. The van der Waals surface area contributed by atoms with E-state index in [1.807, 2.05) is 69.3 Å². The SMILES string of the molecule is COc1ccc(C)cc1-n1nnnc1SCC(=O)N(c1ccccc1)C(C)C. The smallest absolute Gasteiger partial charge is 0.237 e. The minimum atomic E-state index is -0.00282. The molecule has 28 heavy (non-hydrogen) atoms. The number of methoxy groups -OCH3 is 1. The summed E-state index contributed by atoms with van der Waals surface area (Å²) in [6, 6.07) is 15.5. The molecule has 0 radical (unpaired) electrons. The fourth-order valence-electron chi connectivity index (χ4n) is 2.90. The summed E-state index contributed by atoms with van der Waals surface area (Å²) in [6.45, 7) is 5.98. The lowest BCUT2D eigenvalue weighted by atomic mass is 10.2. The van der Waals surface area contributed by atoms with Gasteiger partial charge in [0.1, 0.15) is 11.4 Å². The summed E-state index contributed by atoms with van der Waals surface area (Å²) in [5, 5.41) is 12.5. The monoisotopic (exact) mass is 397 g/mol. The third-order valence-corrected chi connectivity index (χ3v) is 5.05. The molecule has 0 saturated heterocycles. The van der Waals surface area contributed by atoms with E-state index in [2.05, 4.69) is 15.5 Å². The summed E-state index contributed by atoms with van der Waals surface area (Å²) in [4.78, 5) is 14.7. The molecule has 0 unspecified atom stereocenters. The van der Waals surface area contributed by atoms with Crippen molar-refractivity contribution in [2.75, 3.05) is 17.8 Å². The zero-order chi connectivity index (χ0) is 20.1. The number of anilines is 1. The van der Waals surface area contributed by atoms with Crippen LogP contribution in [0.2, 0.25) is 0 Å². The van der Waals surface area contributed by atoms with Crippen LogP contribution in [0.3, 0.4) is 0 Å². The predicted octanol–water partition coefficient (Wildman–Crippen LogP) is 3.51. The molecule has 0 aliphatic rings. The van der Waals surface area contributed by atoms with Gasteiger partial charge in [0.05, 0.1) is 12.9 Å². The van der Waals surface area contributed by atoms with Crippen molar-refractivity contribution in [1.82, 2.24) is 20.2 Å². The highest BCUT2D eigenvalue weighted by molar-refractivity contribution is 7.99. The van der Waals surface area contributed by atoms with Gasteiger partial charge in [-0.3, -0.25) is 4.79 Å². The molecule has 0 fully saturated rings. The van der Waals surface area contributed by atoms with Gasteiger partial charge >= 0.3 is 0 Å². The summed E-state index contributed by atoms with van der Waals surface area (Å²) < 4.78 is 7.03. The number of ether oxygens (including phenoxy) is 1. The number of benzene rings is 2. The van der Waals surface area contributed by atoms with E-state index in [9.17, 15) is 4.79 Å². The average molecular weight is 398 g/mol. The van der Waals surface area contributed by atoms with Gasteiger partial charge in [0.25, 0.3) is 0 Å². The summed E-state index contributed by atoms with van der Waals surface area (Å²) >= 11 is 1.30. The molecule has 146 valence electrons. The standard InChI is InChI=1S/C20H23N5O2S/c1-14(2)24(16-8-6-5-7-9-16)19(26)13-28-20-21-22-23-25(20)17-12-15(3)10-11-18(17)27-4/h5-12,14H,13H2,1-4H3. The molecule has 1 aromatic heterocycles. The molecule has 1 amide bonds. The van der Waals surface area contributed by atoms with Crippen molar-refractivity contribution in [3.05, 3.63) is 54.1 Å². The van der Waals surface area contributed by atoms with E-state index in [1.165, 1.54) is 11.8 Å². The van der Waals surface area contributed by atoms with Crippen LogP contribution in [0.5, 0.6) is 5.75 Å². The lowest BCUT2D eigenvalue weighted by molar-refractivity contribution is -0.116. The fourth-order valence-corrected chi connectivity index (χ4v) is 3.64. The normalized spacial score (nSPS) is 10.9. The minimum absolute atomic E-state index is 0.00282. The number of thioether (sulfide) groups is 1. The van der Waals surface area contributed by atoms with Gasteiger partial charge in [-0.25, -0.2) is 0 Å². The Balaban J connectivity index is 1.80. The molecule has 7 nitrogen and oxygen atoms in total. The number of hydrogen-bond donors (Lipinski definition) is 0. The summed E-state index contributed by atoms with van der Waals surface area (Å²) in [5.41, 5.74) is 2.68. The van der Waals surface area contributed by atoms with Crippen LogP contribution in [0.1, 0.15) is 19.4 Å². The average Bonchev–Trinajstić information content (AvgIpc) is 3.15. The second-order valence-corrected chi connectivity index (χ2v) is 7.47. The van der Waals surface area contributed by atoms with E-state index < -0.39 is 0 Å². The number of nitrogens with zero attached hydrogens (tertiary/aromatic N) is 5. The highest BCUT2D eigenvalue weighted by atomic mass is 32.2. The molecule has 0 saturated carbocycles. The third-order valence-electron chi connectivity index (χ3n) is 4.15. The van der Waals surface area contributed by atoms with E-state index in [1.54, 1.807) is 16.7 Å². The third kappa shape index (κ3) is 4.33. The zero-order valence-electron chi connectivity index (χ0n) is 16.4. The Morgan fingerprint density at radius 2 is 1.96 bits per heavy atom. The molecule has 3 aromatic rings. The maximum atomic E-state index is 12.9. The Bertz CT molecular complexity index is 943. The number of aromatic nitrogens is 4. The van der Waals surface area contributed by atoms with Gasteiger partial charge in [0.15, 0.2) is 0 Å². The van der Waals surface area contributed by atoms with Crippen LogP contribution in [-0.2, 0) is 4.79 Å². The second-order valence-electron chi connectivity index (χ2n) is 6.53. The Morgan fingerprint density at radius 1 is 1.21 bits per heavy atom. The quantitative estimate of drug-likeness (QED) is 0.568. The first kappa shape index (κ1) is 19.9. The molecule has 0 aliphatic heterocycles. The number of tetrazole rings is 1. The Morgan fingerprint density at radius 3 is 2.64 bits per heavy atom. The largest absolute Gasteiger partial charge is 0.494 e. The van der Waals surface area contributed by atoms with Crippen LogP contribution in [0.25, 0.3) is 5.69 Å². The van der Waals surface area contributed by atoms with Gasteiger partial charge < -0.3 is 9.64 Å². The number of hydrogen-bond acceptors (Lipinski definition) is 6. The lowest BCUT2D eigenvalue weighted by Gasteiger charge is -2.26. The molecule has 0 atom stereocenters. The van der Waals surface area contributed by atoms with Gasteiger partial charge in [-0.1, -0.05) is 36.0 Å². The number of aryl methyl sites for hydroxylation is 1. The van der Waals surface area contributed by atoms with Crippen LogP contribution in [0, 0.1) is 6.92 Å². The van der Waals surface area contributed by atoms with Gasteiger partial charge in [0, 0.05) is 11.7 Å². The van der Waals surface area contributed by atoms with E-state index in [0.717, 1.165) is 16.9 Å². The molecule has 0 spiro atoms. The van der Waals surface area contributed by atoms with Gasteiger partial charge in [-0.05, 0) is 61.0 Å². The van der Waals surface area contributed by atoms with Gasteiger partial charge in [-0.2, -0.15) is 4.68 Å².